The second-order valence-corrected chi connectivity index (χ2v) is 2.49. The van der Waals surface area contributed by atoms with Crippen LogP contribution in [-0.4, -0.2) is 4.92 Å². The van der Waals surface area contributed by atoms with Crippen molar-refractivity contribution in [2.45, 2.75) is 6.18 Å². The first-order valence-corrected chi connectivity index (χ1v) is 3.39. The molecule has 4 nitrogen and oxygen atoms in total. The monoisotopic (exact) mass is 205 g/mol. The first-order valence-electron chi connectivity index (χ1n) is 3.39. The van der Waals surface area contributed by atoms with E-state index in [1.807, 2.05) is 0 Å². The molecule has 0 heterocycles. The van der Waals surface area contributed by atoms with Gasteiger partial charge >= 0.3 is 6.18 Å². The van der Waals surface area contributed by atoms with Crippen LogP contribution in [0.15, 0.2) is 18.2 Å². The van der Waals surface area contributed by atoms with Crippen molar-refractivity contribution in [1.29, 1.82) is 0 Å². The summed E-state index contributed by atoms with van der Waals surface area (Å²) in [5.41, 5.74) is 4.48. The Hall–Kier alpha value is -1.79. The van der Waals surface area contributed by atoms with E-state index in [1.165, 1.54) is 0 Å². The topological polar surface area (TPSA) is 66.9 Å². The Labute approximate surface area is 76.3 Å². The summed E-state index contributed by atoms with van der Waals surface area (Å²) in [6.07, 6.45) is -4.63. The standard InChI is InChI=1S/C7H4F3N2O2/c8-7(9,10)4-1-2-5(11)6(3-4)12(13)14/h1-3,11H. The Morgan fingerprint density at radius 2 is 1.93 bits per heavy atom. The van der Waals surface area contributed by atoms with Gasteiger partial charge in [-0.2, -0.15) is 13.2 Å². The van der Waals surface area contributed by atoms with Gasteiger partial charge in [0.05, 0.1) is 10.5 Å². The molecule has 0 saturated heterocycles. The van der Waals surface area contributed by atoms with Crippen LogP contribution in [-0.2, 0) is 6.18 Å². The van der Waals surface area contributed by atoms with Crippen LogP contribution in [0.5, 0.6) is 0 Å². The smallest absolute Gasteiger partial charge is 0.294 e. The number of hydrogen-bond acceptors (Lipinski definition) is 2. The van der Waals surface area contributed by atoms with Crippen LogP contribution in [0.1, 0.15) is 5.56 Å². The molecule has 0 fully saturated rings. The van der Waals surface area contributed by atoms with Crippen molar-refractivity contribution in [2.75, 3.05) is 0 Å². The van der Waals surface area contributed by atoms with E-state index in [0.29, 0.717) is 12.1 Å². The van der Waals surface area contributed by atoms with Crippen LogP contribution >= 0.6 is 0 Å². The van der Waals surface area contributed by atoms with E-state index in [-0.39, 0.29) is 0 Å². The Morgan fingerprint density at radius 1 is 1.36 bits per heavy atom. The first kappa shape index (κ1) is 10.3. The third kappa shape index (κ3) is 1.93. The Balaban J connectivity index is 3.27. The number of halogens is 3. The zero-order valence-electron chi connectivity index (χ0n) is 6.63. The average Bonchev–Trinajstić information content (AvgIpc) is 2.02. The number of hydrogen-bond donors (Lipinski definition) is 0. The zero-order valence-corrected chi connectivity index (χ0v) is 6.63. The molecule has 0 spiro atoms. The van der Waals surface area contributed by atoms with Gasteiger partial charge < -0.3 is 0 Å². The lowest BCUT2D eigenvalue weighted by molar-refractivity contribution is -0.384. The molecule has 1 N–H and O–H groups in total. The number of nitro benzene ring substituents is 1. The summed E-state index contributed by atoms with van der Waals surface area (Å²) in [5.74, 6) is 0. The highest BCUT2D eigenvalue weighted by Gasteiger charge is 2.32. The number of benzene rings is 1. The van der Waals surface area contributed by atoms with Crippen molar-refractivity contribution in [1.82, 2.24) is 5.73 Å². The number of rotatable bonds is 1. The molecule has 0 saturated carbocycles. The average molecular weight is 205 g/mol. The summed E-state index contributed by atoms with van der Waals surface area (Å²) >= 11 is 0. The van der Waals surface area contributed by atoms with Crippen LogP contribution in [0.25, 0.3) is 0 Å². The molecule has 75 valence electrons. The van der Waals surface area contributed by atoms with Crippen LogP contribution in [0.2, 0.25) is 0 Å². The van der Waals surface area contributed by atoms with Gasteiger partial charge in [0.1, 0.15) is 5.69 Å². The predicted octanol–water partition coefficient (Wildman–Crippen LogP) is 2.53. The quantitative estimate of drug-likeness (QED) is 0.522. The molecule has 0 atom stereocenters. The van der Waals surface area contributed by atoms with Crippen LogP contribution < -0.4 is 5.73 Å². The van der Waals surface area contributed by atoms with Crippen LogP contribution in [0.4, 0.5) is 24.5 Å². The van der Waals surface area contributed by atoms with E-state index in [9.17, 15) is 23.3 Å². The molecule has 0 unspecified atom stereocenters. The van der Waals surface area contributed by atoms with E-state index in [2.05, 4.69) is 0 Å². The minimum Gasteiger partial charge on any atom is -0.294 e. The summed E-state index contributed by atoms with van der Waals surface area (Å²) in [7, 11) is 0. The fourth-order valence-corrected chi connectivity index (χ4v) is 0.859. The summed E-state index contributed by atoms with van der Waals surface area (Å²) in [5, 5.41) is 10.2. The van der Waals surface area contributed by atoms with Gasteiger partial charge in [0.15, 0.2) is 0 Å². The fourth-order valence-electron chi connectivity index (χ4n) is 0.859. The van der Waals surface area contributed by atoms with Gasteiger partial charge in [-0.25, -0.2) is 0 Å². The first-order chi connectivity index (χ1) is 6.32. The maximum Gasteiger partial charge on any atom is 0.416 e. The van der Waals surface area contributed by atoms with Gasteiger partial charge in [0, 0.05) is 6.07 Å². The van der Waals surface area contributed by atoms with E-state index < -0.39 is 28.0 Å². The minimum atomic E-state index is -4.63. The highest BCUT2D eigenvalue weighted by Crippen LogP contribution is 2.34. The van der Waals surface area contributed by atoms with Crippen molar-refractivity contribution in [3.05, 3.63) is 33.9 Å². The second-order valence-electron chi connectivity index (χ2n) is 2.49. The van der Waals surface area contributed by atoms with Gasteiger partial charge in [-0.3, -0.25) is 15.8 Å². The summed E-state index contributed by atoms with van der Waals surface area (Å²) in [4.78, 5) is 9.20. The highest BCUT2D eigenvalue weighted by molar-refractivity contribution is 5.56. The van der Waals surface area contributed by atoms with Gasteiger partial charge in [-0.05, 0) is 12.1 Å². The van der Waals surface area contributed by atoms with Crippen LogP contribution in [0.3, 0.4) is 0 Å². The molecule has 7 heteroatoms. The SMILES string of the molecule is [NH]c1ccc(C(F)(F)F)cc1[N+](=O)[O-]. The van der Waals surface area contributed by atoms with Gasteiger partial charge in [0.2, 0.25) is 0 Å². The largest absolute Gasteiger partial charge is 0.416 e. The van der Waals surface area contributed by atoms with Crippen molar-refractivity contribution >= 4 is 11.4 Å². The predicted molar refractivity (Wildman–Crippen MR) is 40.9 cm³/mol. The van der Waals surface area contributed by atoms with E-state index in [0.717, 1.165) is 6.07 Å². The minimum absolute atomic E-state index is 0.350. The number of nitrogens with zero attached hydrogens (tertiary/aromatic N) is 1. The molecule has 1 radical (unpaired) electrons. The van der Waals surface area contributed by atoms with Gasteiger partial charge in [-0.15, -0.1) is 0 Å². The van der Waals surface area contributed by atoms with Crippen molar-refractivity contribution in [3.8, 4) is 0 Å². The molecule has 1 aromatic carbocycles. The molecule has 0 aliphatic rings. The maximum absolute atomic E-state index is 12.1. The Bertz CT molecular complexity index is 376. The fraction of sp³-hybridized carbons (Fsp3) is 0.143. The Morgan fingerprint density at radius 3 is 2.36 bits per heavy atom. The summed E-state index contributed by atoms with van der Waals surface area (Å²) in [6, 6.07) is 1.73. The molecular formula is C7H4F3N2O2. The Kier molecular flexibility index (Phi) is 2.33. The molecule has 0 aliphatic heterocycles. The van der Waals surface area contributed by atoms with E-state index in [1.54, 1.807) is 0 Å². The van der Waals surface area contributed by atoms with Crippen LogP contribution in [0, 0.1) is 10.1 Å². The number of alkyl halides is 3. The third-order valence-corrected chi connectivity index (χ3v) is 1.52. The molecule has 1 aromatic rings. The van der Waals surface area contributed by atoms with Crippen molar-refractivity contribution in [3.63, 3.8) is 0 Å². The molecule has 0 aliphatic carbocycles. The lowest BCUT2D eigenvalue weighted by Gasteiger charge is -2.06. The molecular weight excluding hydrogens is 201 g/mol. The molecule has 14 heavy (non-hydrogen) atoms. The molecule has 0 bridgehead atoms. The normalized spacial score (nSPS) is 11.4. The van der Waals surface area contributed by atoms with Gasteiger partial charge in [0.25, 0.3) is 5.69 Å². The lowest BCUT2D eigenvalue weighted by Crippen LogP contribution is -2.05. The molecule has 1 rings (SSSR count). The molecule has 0 amide bonds. The summed E-state index contributed by atoms with van der Waals surface area (Å²) < 4.78 is 36.2. The maximum atomic E-state index is 12.1. The van der Waals surface area contributed by atoms with E-state index in [4.69, 9.17) is 5.73 Å². The van der Waals surface area contributed by atoms with E-state index >= 15 is 0 Å². The summed E-state index contributed by atoms with van der Waals surface area (Å²) in [6.45, 7) is 0. The molecule has 0 aromatic heterocycles. The number of nitro groups is 1. The second kappa shape index (κ2) is 3.17. The third-order valence-electron chi connectivity index (χ3n) is 1.52. The van der Waals surface area contributed by atoms with Crippen molar-refractivity contribution < 1.29 is 18.1 Å². The highest BCUT2D eigenvalue weighted by atomic mass is 19.4. The lowest BCUT2D eigenvalue weighted by atomic mass is 10.1. The number of nitrogens with one attached hydrogen (secondary N) is 1. The van der Waals surface area contributed by atoms with Gasteiger partial charge in [-0.1, -0.05) is 0 Å². The van der Waals surface area contributed by atoms with Crippen molar-refractivity contribution in [2.24, 2.45) is 0 Å². The zero-order chi connectivity index (χ0) is 10.9.